The van der Waals surface area contributed by atoms with Crippen molar-refractivity contribution in [2.45, 2.75) is 26.3 Å². The monoisotopic (exact) mass is 312 g/mol. The lowest BCUT2D eigenvalue weighted by molar-refractivity contribution is 0.0697. The van der Waals surface area contributed by atoms with Crippen LogP contribution in [0.5, 0.6) is 0 Å². The average Bonchev–Trinajstić information content (AvgIpc) is 3.27. The van der Waals surface area contributed by atoms with Crippen molar-refractivity contribution in [2.24, 2.45) is 5.92 Å². The number of benzene rings is 1. The van der Waals surface area contributed by atoms with Crippen molar-refractivity contribution >= 4 is 16.2 Å². The lowest BCUT2D eigenvalue weighted by atomic mass is 10.1. The minimum atomic E-state index is -3.49. The largest absolute Gasteiger partial charge is 0.478 e. The molecule has 0 heterocycles. The first kappa shape index (κ1) is 15.9. The number of carboxylic acids is 1. The zero-order valence-electron chi connectivity index (χ0n) is 11.9. The van der Waals surface area contributed by atoms with Crippen LogP contribution in [-0.4, -0.2) is 36.9 Å². The van der Waals surface area contributed by atoms with Gasteiger partial charge in [-0.1, -0.05) is 19.1 Å². The van der Waals surface area contributed by atoms with Crippen molar-refractivity contribution in [3.05, 3.63) is 35.4 Å². The normalized spacial score (nSPS) is 15.3. The molecular weight excluding hydrogens is 292 g/mol. The van der Waals surface area contributed by atoms with Gasteiger partial charge >= 0.3 is 5.97 Å². The SMILES string of the molecule is CCN(CC1CC1)S(=O)(=O)NCc1ccc(C(=O)O)cc1. The highest BCUT2D eigenvalue weighted by atomic mass is 32.2. The molecule has 0 spiro atoms. The first-order chi connectivity index (χ1) is 9.92. The second kappa shape index (κ2) is 6.55. The predicted octanol–water partition coefficient (Wildman–Crippen LogP) is 1.45. The van der Waals surface area contributed by atoms with Gasteiger partial charge in [0.25, 0.3) is 10.2 Å². The molecule has 1 fully saturated rings. The van der Waals surface area contributed by atoms with Gasteiger partial charge in [-0.25, -0.2) is 4.79 Å². The van der Waals surface area contributed by atoms with Gasteiger partial charge < -0.3 is 5.11 Å². The Morgan fingerprint density at radius 1 is 1.33 bits per heavy atom. The maximum atomic E-state index is 12.2. The highest BCUT2D eigenvalue weighted by Gasteiger charge is 2.29. The molecule has 1 aliphatic carbocycles. The topological polar surface area (TPSA) is 86.7 Å². The molecule has 0 bridgehead atoms. The molecule has 0 aromatic heterocycles. The third-order valence-electron chi connectivity index (χ3n) is 3.51. The molecule has 2 rings (SSSR count). The van der Waals surface area contributed by atoms with Gasteiger partial charge in [0, 0.05) is 19.6 Å². The summed E-state index contributed by atoms with van der Waals surface area (Å²) in [4.78, 5) is 10.7. The first-order valence-electron chi connectivity index (χ1n) is 6.99. The zero-order chi connectivity index (χ0) is 15.5. The van der Waals surface area contributed by atoms with E-state index in [0.717, 1.165) is 18.4 Å². The van der Waals surface area contributed by atoms with Crippen LogP contribution in [0.15, 0.2) is 24.3 Å². The third kappa shape index (κ3) is 4.52. The second-order valence-electron chi connectivity index (χ2n) is 5.22. The van der Waals surface area contributed by atoms with Crippen LogP contribution in [0.2, 0.25) is 0 Å². The molecule has 1 aliphatic rings. The third-order valence-corrected chi connectivity index (χ3v) is 5.11. The number of nitrogens with one attached hydrogen (secondary N) is 1. The van der Waals surface area contributed by atoms with Crippen molar-refractivity contribution < 1.29 is 18.3 Å². The molecule has 0 unspecified atom stereocenters. The van der Waals surface area contributed by atoms with Gasteiger partial charge in [0.1, 0.15) is 0 Å². The Balaban J connectivity index is 1.94. The Labute approximate surface area is 125 Å². The molecule has 1 saturated carbocycles. The summed E-state index contributed by atoms with van der Waals surface area (Å²) >= 11 is 0. The number of nitrogens with zero attached hydrogens (tertiary/aromatic N) is 1. The maximum absolute atomic E-state index is 12.2. The van der Waals surface area contributed by atoms with Crippen molar-refractivity contribution in [3.8, 4) is 0 Å². The van der Waals surface area contributed by atoms with E-state index in [2.05, 4.69) is 4.72 Å². The van der Waals surface area contributed by atoms with Crippen molar-refractivity contribution in [2.75, 3.05) is 13.1 Å². The van der Waals surface area contributed by atoms with Gasteiger partial charge in [-0.05, 0) is 36.5 Å². The van der Waals surface area contributed by atoms with Crippen molar-refractivity contribution in [3.63, 3.8) is 0 Å². The Kier molecular flexibility index (Phi) is 4.97. The summed E-state index contributed by atoms with van der Waals surface area (Å²) in [7, 11) is -3.49. The standard InChI is InChI=1S/C14H20N2O4S/c1-2-16(10-12-3-4-12)21(19,20)15-9-11-5-7-13(8-6-11)14(17)18/h5-8,12,15H,2-4,9-10H2,1H3,(H,17,18). The van der Waals surface area contributed by atoms with Gasteiger partial charge in [0.05, 0.1) is 5.56 Å². The molecule has 21 heavy (non-hydrogen) atoms. The minimum Gasteiger partial charge on any atom is -0.478 e. The Bertz CT molecular complexity index is 594. The van der Waals surface area contributed by atoms with Gasteiger partial charge in [-0.15, -0.1) is 0 Å². The summed E-state index contributed by atoms with van der Waals surface area (Å²) in [6, 6.07) is 6.16. The highest BCUT2D eigenvalue weighted by molar-refractivity contribution is 7.87. The van der Waals surface area contributed by atoms with Crippen LogP contribution < -0.4 is 4.72 Å². The molecule has 7 heteroatoms. The summed E-state index contributed by atoms with van der Waals surface area (Å²) in [5.41, 5.74) is 0.913. The number of aromatic carboxylic acids is 1. The summed E-state index contributed by atoms with van der Waals surface area (Å²) in [5.74, 6) is -0.500. The molecule has 6 nitrogen and oxygen atoms in total. The smallest absolute Gasteiger partial charge is 0.335 e. The van der Waals surface area contributed by atoms with Crippen LogP contribution in [0, 0.1) is 5.92 Å². The molecule has 1 aromatic rings. The van der Waals surface area contributed by atoms with Crippen LogP contribution in [0.25, 0.3) is 0 Å². The maximum Gasteiger partial charge on any atom is 0.335 e. The summed E-state index contributed by atoms with van der Waals surface area (Å²) in [6.45, 7) is 3.00. The van der Waals surface area contributed by atoms with Gasteiger partial charge in [0.2, 0.25) is 0 Å². The van der Waals surface area contributed by atoms with Gasteiger partial charge in [0.15, 0.2) is 0 Å². The van der Waals surface area contributed by atoms with Crippen LogP contribution in [0.3, 0.4) is 0 Å². The lowest BCUT2D eigenvalue weighted by Crippen LogP contribution is -2.41. The number of carboxylic acid groups (broad SMARTS) is 1. The van der Waals surface area contributed by atoms with Crippen molar-refractivity contribution in [1.82, 2.24) is 9.03 Å². The summed E-state index contributed by atoms with van der Waals surface area (Å²) in [6.07, 6.45) is 2.20. The Morgan fingerprint density at radius 3 is 2.43 bits per heavy atom. The lowest BCUT2D eigenvalue weighted by Gasteiger charge is -2.20. The minimum absolute atomic E-state index is 0.156. The Hall–Kier alpha value is -1.44. The van der Waals surface area contributed by atoms with E-state index in [1.165, 1.54) is 16.4 Å². The van der Waals surface area contributed by atoms with Crippen LogP contribution in [0.1, 0.15) is 35.7 Å². The fourth-order valence-corrected chi connectivity index (χ4v) is 3.30. The Morgan fingerprint density at radius 2 is 1.95 bits per heavy atom. The van der Waals surface area contributed by atoms with Crippen molar-refractivity contribution in [1.29, 1.82) is 0 Å². The van der Waals surface area contributed by atoms with E-state index in [1.807, 2.05) is 6.92 Å². The van der Waals surface area contributed by atoms with E-state index < -0.39 is 16.2 Å². The van der Waals surface area contributed by atoms with Crippen LogP contribution >= 0.6 is 0 Å². The van der Waals surface area contributed by atoms with Crippen LogP contribution in [-0.2, 0) is 16.8 Å². The number of hydrogen-bond donors (Lipinski definition) is 2. The highest BCUT2D eigenvalue weighted by Crippen LogP contribution is 2.30. The first-order valence-corrected chi connectivity index (χ1v) is 8.43. The van der Waals surface area contributed by atoms with E-state index in [9.17, 15) is 13.2 Å². The molecule has 0 saturated heterocycles. The molecule has 0 radical (unpaired) electrons. The molecule has 2 N–H and O–H groups in total. The fourth-order valence-electron chi connectivity index (χ4n) is 2.02. The molecule has 0 atom stereocenters. The number of hydrogen-bond acceptors (Lipinski definition) is 3. The number of rotatable bonds is 8. The van der Waals surface area contributed by atoms with E-state index in [-0.39, 0.29) is 12.1 Å². The molecular formula is C14H20N2O4S. The fraction of sp³-hybridized carbons (Fsp3) is 0.500. The van der Waals surface area contributed by atoms with Gasteiger partial charge in [-0.3, -0.25) is 0 Å². The summed E-state index contributed by atoms with van der Waals surface area (Å²) < 4.78 is 28.4. The summed E-state index contributed by atoms with van der Waals surface area (Å²) in [5, 5.41) is 8.81. The number of carbonyl (C=O) groups is 1. The zero-order valence-corrected chi connectivity index (χ0v) is 12.8. The van der Waals surface area contributed by atoms with Gasteiger partial charge in [-0.2, -0.15) is 17.4 Å². The second-order valence-corrected chi connectivity index (χ2v) is 6.98. The molecule has 1 aromatic carbocycles. The van der Waals surface area contributed by atoms with Crippen LogP contribution in [0.4, 0.5) is 0 Å². The predicted molar refractivity (Wildman–Crippen MR) is 79.1 cm³/mol. The average molecular weight is 312 g/mol. The molecule has 0 amide bonds. The van der Waals surface area contributed by atoms with E-state index in [0.29, 0.717) is 19.0 Å². The van der Waals surface area contributed by atoms with E-state index >= 15 is 0 Å². The van der Waals surface area contributed by atoms with E-state index in [1.54, 1.807) is 12.1 Å². The quantitative estimate of drug-likeness (QED) is 0.760. The molecule has 0 aliphatic heterocycles. The molecule has 116 valence electrons. The van der Waals surface area contributed by atoms with E-state index in [4.69, 9.17) is 5.11 Å².